The lowest BCUT2D eigenvalue weighted by atomic mass is 9.34. The van der Waals surface area contributed by atoms with Gasteiger partial charge in [0, 0.05) is 40.2 Å². The first-order valence-corrected chi connectivity index (χ1v) is 16.3. The van der Waals surface area contributed by atoms with Crippen LogP contribution in [0.5, 0.6) is 11.5 Å². The second kappa shape index (κ2) is 10.3. The van der Waals surface area contributed by atoms with Gasteiger partial charge < -0.3 is 14.5 Å². The van der Waals surface area contributed by atoms with Crippen LogP contribution < -0.4 is 47.3 Å². The van der Waals surface area contributed by atoms with Crippen molar-refractivity contribution in [3.8, 4) is 11.5 Å². The largest absolute Gasteiger partial charge is 0.457 e. The monoisotopic (exact) mass is 598 g/mol. The van der Waals surface area contributed by atoms with E-state index in [4.69, 9.17) is 4.74 Å². The summed E-state index contributed by atoms with van der Waals surface area (Å²) < 4.78 is 6.75. The molecule has 0 atom stereocenters. The number of nitrogens with zero attached hydrogens (tertiary/aromatic N) is 2. The van der Waals surface area contributed by atoms with Crippen LogP contribution in [0.15, 0.2) is 170 Å². The minimum atomic E-state index is 0.0269. The van der Waals surface area contributed by atoms with E-state index >= 15 is 0 Å². The van der Waals surface area contributed by atoms with Crippen LogP contribution in [0.1, 0.15) is 0 Å². The summed E-state index contributed by atoms with van der Waals surface area (Å²) in [5.41, 5.74) is 14.6. The second-order valence-corrected chi connectivity index (χ2v) is 12.5. The van der Waals surface area contributed by atoms with Gasteiger partial charge >= 0.3 is 0 Å². The summed E-state index contributed by atoms with van der Waals surface area (Å²) in [7, 11) is 0. The fourth-order valence-electron chi connectivity index (χ4n) is 8.00. The Hall–Kier alpha value is -5.93. The summed E-state index contributed by atoms with van der Waals surface area (Å²) in [6, 6.07) is 61.5. The topological polar surface area (TPSA) is 15.7 Å². The van der Waals surface area contributed by atoms with Crippen molar-refractivity contribution in [2.45, 2.75) is 0 Å². The molecule has 0 unspecified atom stereocenters. The molecule has 47 heavy (non-hydrogen) atoms. The average molecular weight is 598 g/mol. The summed E-state index contributed by atoms with van der Waals surface area (Å²) in [4.78, 5) is 4.82. The predicted octanol–water partition coefficient (Wildman–Crippen LogP) is 6.39. The number of ether oxygens (including phenoxy) is 1. The molecule has 6 bridgehead atoms. The Labute approximate surface area is 275 Å². The number of anilines is 6. The van der Waals surface area contributed by atoms with Crippen molar-refractivity contribution in [3.05, 3.63) is 170 Å². The first-order valence-electron chi connectivity index (χ1n) is 16.3. The predicted molar refractivity (Wildman–Crippen MR) is 198 cm³/mol. The van der Waals surface area contributed by atoms with E-state index in [2.05, 4.69) is 180 Å². The van der Waals surface area contributed by atoms with Crippen molar-refractivity contribution in [3.63, 3.8) is 0 Å². The highest BCUT2D eigenvalue weighted by Gasteiger charge is 2.38. The molecule has 0 radical (unpaired) electrons. The van der Waals surface area contributed by atoms with Crippen LogP contribution in [0.25, 0.3) is 0 Å². The normalized spacial score (nSPS) is 13.5. The minimum absolute atomic E-state index is 0.0269. The van der Waals surface area contributed by atoms with Crippen molar-refractivity contribution < 1.29 is 4.74 Å². The number of para-hydroxylation sites is 3. The molecule has 0 spiro atoms. The van der Waals surface area contributed by atoms with Gasteiger partial charge in [0.2, 0.25) is 13.4 Å². The molecule has 10 rings (SSSR count). The highest BCUT2D eigenvalue weighted by molar-refractivity contribution is 6.98. The molecule has 0 aliphatic carbocycles. The zero-order valence-corrected chi connectivity index (χ0v) is 25.6. The Kier molecular flexibility index (Phi) is 5.76. The molecule has 0 aromatic heterocycles. The molecular formula is C42H28B2N2O. The third-order valence-corrected chi connectivity index (χ3v) is 9.93. The average Bonchev–Trinajstić information content (AvgIpc) is 3.13. The zero-order valence-electron chi connectivity index (χ0n) is 25.6. The standard InChI is InChI=1S/C42H28B2N2O/c1-3-12-29(13-4-1)43-35-18-7-10-21-40(35)46-32-17-11-14-30(26-32)44-36-19-8-9-20-39(36)45(31-15-5-2-6-16-31)41-25-23-33(27-38(41)44)47-34-22-24-37(43)42(46)28-34/h1-28H. The second-order valence-electron chi connectivity index (χ2n) is 12.5. The van der Waals surface area contributed by atoms with E-state index in [1.807, 2.05) is 0 Å². The third kappa shape index (κ3) is 4.03. The van der Waals surface area contributed by atoms with Crippen LogP contribution in [0, 0.1) is 0 Å². The number of benzene rings is 7. The van der Waals surface area contributed by atoms with E-state index in [1.54, 1.807) is 0 Å². The fourth-order valence-corrected chi connectivity index (χ4v) is 8.00. The molecule has 0 fully saturated rings. The van der Waals surface area contributed by atoms with E-state index in [0.29, 0.717) is 0 Å². The van der Waals surface area contributed by atoms with Crippen LogP contribution in [0.2, 0.25) is 0 Å². The molecule has 7 aromatic carbocycles. The third-order valence-electron chi connectivity index (χ3n) is 9.93. The van der Waals surface area contributed by atoms with Crippen LogP contribution in [0.4, 0.5) is 34.1 Å². The zero-order chi connectivity index (χ0) is 30.9. The molecule has 3 heterocycles. The van der Waals surface area contributed by atoms with Gasteiger partial charge in [-0.3, -0.25) is 0 Å². The lowest BCUT2D eigenvalue weighted by Crippen LogP contribution is -2.58. The molecule has 0 N–H and O–H groups in total. The maximum absolute atomic E-state index is 6.75. The van der Waals surface area contributed by atoms with Gasteiger partial charge in [-0.15, -0.1) is 0 Å². The number of fused-ring (bicyclic) bond motifs is 10. The maximum Gasteiger partial charge on any atom is 0.246 e. The van der Waals surface area contributed by atoms with Crippen LogP contribution in [-0.4, -0.2) is 13.4 Å². The van der Waals surface area contributed by atoms with E-state index < -0.39 is 0 Å². The van der Waals surface area contributed by atoms with Crippen LogP contribution in [0.3, 0.4) is 0 Å². The molecule has 0 saturated heterocycles. The van der Waals surface area contributed by atoms with Crippen molar-refractivity contribution in [2.75, 3.05) is 9.80 Å². The highest BCUT2D eigenvalue weighted by Crippen LogP contribution is 2.40. The van der Waals surface area contributed by atoms with E-state index in [-0.39, 0.29) is 13.4 Å². The van der Waals surface area contributed by atoms with Gasteiger partial charge in [0.25, 0.3) is 0 Å². The van der Waals surface area contributed by atoms with Crippen LogP contribution in [-0.2, 0) is 0 Å². The van der Waals surface area contributed by atoms with Gasteiger partial charge in [-0.25, -0.2) is 0 Å². The molecule has 218 valence electrons. The fraction of sp³-hybridized carbons (Fsp3) is 0. The first-order chi connectivity index (χ1) is 23.3. The van der Waals surface area contributed by atoms with Crippen molar-refractivity contribution >= 4 is 80.3 Å². The molecule has 3 aliphatic rings. The van der Waals surface area contributed by atoms with Crippen molar-refractivity contribution in [1.82, 2.24) is 0 Å². The Morgan fingerprint density at radius 1 is 0.340 bits per heavy atom. The number of hydrogen-bond donors (Lipinski definition) is 0. The molecule has 5 heteroatoms. The Morgan fingerprint density at radius 3 is 1.64 bits per heavy atom. The van der Waals surface area contributed by atoms with Gasteiger partial charge in [0.1, 0.15) is 11.5 Å². The molecule has 0 amide bonds. The van der Waals surface area contributed by atoms with Crippen LogP contribution >= 0.6 is 0 Å². The summed E-state index contributed by atoms with van der Waals surface area (Å²) in [5, 5.41) is 0. The SMILES string of the molecule is c1ccc(B2c3ccccc3N3c4cccc(c4)B4c5ccccc5N(c5ccccc5)c5ccc(cc54)Oc4ccc2c3c4)cc1. The molecule has 7 aromatic rings. The van der Waals surface area contributed by atoms with E-state index in [9.17, 15) is 0 Å². The Bertz CT molecular complexity index is 2160. The van der Waals surface area contributed by atoms with E-state index in [0.717, 1.165) is 28.6 Å². The summed E-state index contributed by atoms with van der Waals surface area (Å²) in [6.07, 6.45) is 0. The van der Waals surface area contributed by atoms with Gasteiger partial charge in [0.15, 0.2) is 0 Å². The van der Waals surface area contributed by atoms with Gasteiger partial charge in [-0.05, 0) is 82.5 Å². The summed E-state index contributed by atoms with van der Waals surface area (Å²) >= 11 is 0. The lowest BCUT2D eigenvalue weighted by molar-refractivity contribution is 0.483. The molecule has 0 saturated carbocycles. The summed E-state index contributed by atoms with van der Waals surface area (Å²) in [6.45, 7) is 0.142. The van der Waals surface area contributed by atoms with Gasteiger partial charge in [-0.2, -0.15) is 0 Å². The van der Waals surface area contributed by atoms with Gasteiger partial charge in [-0.1, -0.05) is 114 Å². The van der Waals surface area contributed by atoms with Gasteiger partial charge in [0.05, 0.1) is 0 Å². The Morgan fingerprint density at radius 2 is 0.872 bits per heavy atom. The lowest BCUT2D eigenvalue weighted by Gasteiger charge is -2.39. The Balaban J connectivity index is 1.25. The molecule has 3 aliphatic heterocycles. The van der Waals surface area contributed by atoms with Crippen molar-refractivity contribution in [1.29, 1.82) is 0 Å². The number of rotatable bonds is 2. The molecule has 3 nitrogen and oxygen atoms in total. The molecular weight excluding hydrogens is 570 g/mol. The quantitative estimate of drug-likeness (QED) is 0.215. The number of hydrogen-bond acceptors (Lipinski definition) is 3. The van der Waals surface area contributed by atoms with E-state index in [1.165, 1.54) is 49.8 Å². The summed E-state index contributed by atoms with van der Waals surface area (Å²) in [5.74, 6) is 1.66. The minimum Gasteiger partial charge on any atom is -0.457 e. The first kappa shape index (κ1) is 26.3. The van der Waals surface area contributed by atoms with Crippen molar-refractivity contribution in [2.24, 2.45) is 0 Å². The highest BCUT2D eigenvalue weighted by atomic mass is 16.5. The smallest absolute Gasteiger partial charge is 0.246 e. The maximum atomic E-state index is 6.75.